The quantitative estimate of drug-likeness (QED) is 0.189. The summed E-state index contributed by atoms with van der Waals surface area (Å²) >= 11 is 12.5. The molecular weight excluding hydrogens is 576 g/mol. The fraction of sp³-hybridized carbons (Fsp3) is 0.115. The Labute approximate surface area is 256 Å². The standard InChI is InChI=1S/C26H21Cl2N3O6S.Na/c1-3-14-11-12-20(38(34,35)36)23(21(14)28)31-30-22-16-8-5-4-7-15(16)13-17(24(22)32)26(33)29-19-10-6-9-18(27)25(19)37-2;/h4-13,32H,3H2,1-2H3,(H,29,33)(H,34,35,36);/q;+1/p-1. The first-order valence-corrected chi connectivity index (χ1v) is 13.3. The monoisotopic (exact) mass is 595 g/mol. The number of anilines is 1. The van der Waals surface area contributed by atoms with Gasteiger partial charge < -0.3 is 15.2 Å². The van der Waals surface area contributed by atoms with Crippen LogP contribution in [0.4, 0.5) is 17.1 Å². The number of fused-ring (bicyclic) bond motifs is 1. The van der Waals surface area contributed by atoms with E-state index in [4.69, 9.17) is 27.9 Å². The van der Waals surface area contributed by atoms with Gasteiger partial charge >= 0.3 is 29.6 Å². The van der Waals surface area contributed by atoms with Gasteiger partial charge in [0.2, 0.25) is 0 Å². The molecule has 0 saturated heterocycles. The molecule has 0 saturated carbocycles. The van der Waals surface area contributed by atoms with E-state index in [2.05, 4.69) is 15.5 Å². The second-order valence-electron chi connectivity index (χ2n) is 8.01. The number of hydrogen-bond acceptors (Lipinski definition) is 7. The Morgan fingerprint density at radius 2 is 1.74 bits per heavy atom. The molecule has 4 rings (SSSR count). The Morgan fingerprint density at radius 3 is 2.41 bits per heavy atom. The van der Waals surface area contributed by atoms with E-state index in [9.17, 15) is 22.9 Å². The van der Waals surface area contributed by atoms with Gasteiger partial charge in [0.25, 0.3) is 16.0 Å². The number of rotatable bonds is 7. The van der Waals surface area contributed by atoms with Crippen molar-refractivity contribution in [2.24, 2.45) is 10.2 Å². The van der Waals surface area contributed by atoms with Crippen molar-refractivity contribution in [3.05, 3.63) is 81.8 Å². The summed E-state index contributed by atoms with van der Waals surface area (Å²) in [6.45, 7) is 1.80. The minimum atomic E-state index is -4.71. The van der Waals surface area contributed by atoms with Gasteiger partial charge in [-0.3, -0.25) is 9.35 Å². The van der Waals surface area contributed by atoms with Gasteiger partial charge in [0, 0.05) is 10.9 Å². The first-order chi connectivity index (χ1) is 18.1. The summed E-state index contributed by atoms with van der Waals surface area (Å²) in [7, 11) is -3.31. The second-order valence-corrected chi connectivity index (χ2v) is 10.2. The fourth-order valence-electron chi connectivity index (χ4n) is 3.84. The van der Waals surface area contributed by atoms with Gasteiger partial charge in [0.05, 0.1) is 28.5 Å². The number of methoxy groups -OCH3 is 1. The fourth-order valence-corrected chi connectivity index (χ4v) is 5.12. The van der Waals surface area contributed by atoms with Crippen molar-refractivity contribution in [1.82, 2.24) is 0 Å². The van der Waals surface area contributed by atoms with Gasteiger partial charge in [-0.15, -0.1) is 5.11 Å². The topological polar surface area (TPSA) is 140 Å². The van der Waals surface area contributed by atoms with Crippen LogP contribution in [-0.2, 0) is 16.5 Å². The molecule has 0 aromatic heterocycles. The summed E-state index contributed by atoms with van der Waals surface area (Å²) in [6, 6.07) is 15.5. The smallest absolute Gasteiger partial charge is 0.870 e. The molecule has 0 aliphatic heterocycles. The maximum atomic E-state index is 13.5. The molecule has 0 spiro atoms. The predicted octanol–water partition coefficient (Wildman–Crippen LogP) is 3.71. The van der Waals surface area contributed by atoms with E-state index in [-0.39, 0.29) is 68.0 Å². The van der Waals surface area contributed by atoms with Gasteiger partial charge in [0.15, 0.2) is 5.75 Å². The van der Waals surface area contributed by atoms with Gasteiger partial charge in [-0.1, -0.05) is 72.3 Å². The number of benzene rings is 4. The maximum absolute atomic E-state index is 13.5. The van der Waals surface area contributed by atoms with Crippen molar-refractivity contribution < 1.29 is 57.2 Å². The van der Waals surface area contributed by atoms with E-state index >= 15 is 0 Å². The van der Waals surface area contributed by atoms with E-state index in [0.29, 0.717) is 22.8 Å². The molecule has 196 valence electrons. The van der Waals surface area contributed by atoms with Gasteiger partial charge in [0.1, 0.15) is 10.6 Å². The van der Waals surface area contributed by atoms with Gasteiger partial charge in [-0.05, 0) is 41.6 Å². The first-order valence-electron chi connectivity index (χ1n) is 11.1. The first kappa shape index (κ1) is 30.8. The molecule has 2 N–H and O–H groups in total. The predicted molar refractivity (Wildman–Crippen MR) is 144 cm³/mol. The molecule has 0 atom stereocenters. The number of amides is 1. The molecule has 9 nitrogen and oxygen atoms in total. The van der Waals surface area contributed by atoms with Crippen molar-refractivity contribution in [1.29, 1.82) is 0 Å². The zero-order chi connectivity index (χ0) is 27.6. The molecule has 0 heterocycles. The molecule has 4 aromatic carbocycles. The number of aryl methyl sites for hydroxylation is 1. The van der Waals surface area contributed by atoms with Crippen molar-refractivity contribution in [2.45, 2.75) is 18.2 Å². The number of nitrogens with one attached hydrogen (secondary N) is 1. The molecular formula is C26H20Cl2N3NaO6S. The molecule has 39 heavy (non-hydrogen) atoms. The summed E-state index contributed by atoms with van der Waals surface area (Å²) in [6.07, 6.45) is 0.450. The van der Waals surface area contributed by atoms with E-state index in [1.165, 1.54) is 19.2 Å². The van der Waals surface area contributed by atoms with Crippen LogP contribution in [0.25, 0.3) is 10.8 Å². The third-order valence-electron chi connectivity index (χ3n) is 5.71. The molecule has 0 radical (unpaired) electrons. The number of azo groups is 1. The molecule has 0 unspecified atom stereocenters. The number of nitrogens with zero attached hydrogens (tertiary/aromatic N) is 2. The number of halogens is 2. The van der Waals surface area contributed by atoms with Crippen LogP contribution in [0.15, 0.2) is 75.8 Å². The minimum Gasteiger partial charge on any atom is -0.870 e. The van der Waals surface area contributed by atoms with E-state index in [1.54, 1.807) is 49.4 Å². The third kappa shape index (κ3) is 6.38. The van der Waals surface area contributed by atoms with Crippen LogP contribution in [-0.4, -0.2) is 26.0 Å². The normalized spacial score (nSPS) is 11.4. The minimum absolute atomic E-state index is 0. The summed E-state index contributed by atoms with van der Waals surface area (Å²) < 4.78 is 38.8. The molecule has 0 fully saturated rings. The Kier molecular flexibility index (Phi) is 10.0. The molecule has 0 bridgehead atoms. The second kappa shape index (κ2) is 12.6. The average Bonchev–Trinajstić information content (AvgIpc) is 2.87. The number of carbonyl (C=O) groups is 1. The Morgan fingerprint density at radius 1 is 1.05 bits per heavy atom. The van der Waals surface area contributed by atoms with Crippen LogP contribution in [0.2, 0.25) is 10.0 Å². The largest absolute Gasteiger partial charge is 1.00 e. The number of para-hydroxylation sites is 1. The van der Waals surface area contributed by atoms with Crippen LogP contribution in [0.5, 0.6) is 11.5 Å². The van der Waals surface area contributed by atoms with Crippen LogP contribution in [0.1, 0.15) is 22.8 Å². The third-order valence-corrected chi connectivity index (χ3v) is 7.31. The molecule has 4 aromatic rings. The van der Waals surface area contributed by atoms with Gasteiger partial charge in [-0.2, -0.15) is 13.5 Å². The molecule has 0 aliphatic carbocycles. The zero-order valence-corrected chi connectivity index (χ0v) is 25.4. The van der Waals surface area contributed by atoms with E-state index < -0.39 is 26.7 Å². The van der Waals surface area contributed by atoms with Crippen molar-refractivity contribution >= 4 is 67.1 Å². The SMILES string of the molecule is CCc1ccc(S(=O)(=O)O)c(N=Nc2c([O-])c(C(=O)Nc3cccc(Cl)c3OC)cc3ccccc23)c1Cl.[Na+]. The number of hydrogen-bond donors (Lipinski definition) is 2. The molecule has 0 aliphatic rings. The number of ether oxygens (including phenoxy) is 1. The number of carbonyl (C=O) groups excluding carboxylic acids is 1. The average molecular weight is 596 g/mol. The summed E-state index contributed by atoms with van der Waals surface area (Å²) in [4.78, 5) is 12.6. The maximum Gasteiger partial charge on any atom is 1.00 e. The summed E-state index contributed by atoms with van der Waals surface area (Å²) in [5, 5.41) is 25.2. The molecule has 1 amide bonds. The summed E-state index contributed by atoms with van der Waals surface area (Å²) in [5.74, 6) is -1.29. The molecule has 13 heteroatoms. The summed E-state index contributed by atoms with van der Waals surface area (Å²) in [5.41, 5.74) is 0.0229. The zero-order valence-electron chi connectivity index (χ0n) is 21.0. The van der Waals surface area contributed by atoms with Crippen LogP contribution >= 0.6 is 23.2 Å². The van der Waals surface area contributed by atoms with E-state index in [0.717, 1.165) is 6.07 Å². The van der Waals surface area contributed by atoms with E-state index in [1.807, 2.05) is 0 Å². The van der Waals surface area contributed by atoms with Crippen LogP contribution < -0.4 is 44.7 Å². The van der Waals surface area contributed by atoms with Crippen molar-refractivity contribution in [3.8, 4) is 11.5 Å². The van der Waals surface area contributed by atoms with Crippen LogP contribution in [0, 0.1) is 0 Å². The van der Waals surface area contributed by atoms with Gasteiger partial charge in [-0.25, -0.2) is 0 Å². The Bertz CT molecular complexity index is 1710. The van der Waals surface area contributed by atoms with Crippen LogP contribution in [0.3, 0.4) is 0 Å². The Balaban J connectivity index is 0.00000420. The van der Waals surface area contributed by atoms with Crippen molar-refractivity contribution in [2.75, 3.05) is 12.4 Å². The van der Waals surface area contributed by atoms with Crippen molar-refractivity contribution in [3.63, 3.8) is 0 Å². The Hall–Kier alpha value is -2.70.